The molecule has 0 aromatic heterocycles. The molecule has 0 aliphatic carbocycles. The minimum atomic E-state index is -1.67. The van der Waals surface area contributed by atoms with Crippen LogP contribution >= 0.6 is 0 Å². The van der Waals surface area contributed by atoms with E-state index in [1.807, 2.05) is 0 Å². The van der Waals surface area contributed by atoms with E-state index in [4.69, 9.17) is 15.0 Å². The molecule has 0 radical (unpaired) electrons. The second-order valence-electron chi connectivity index (χ2n) is 6.03. The van der Waals surface area contributed by atoms with Gasteiger partial charge in [0.15, 0.2) is 5.60 Å². The molecule has 6 atom stereocenters. The Labute approximate surface area is 150 Å². The maximum atomic E-state index is 12.3. The van der Waals surface area contributed by atoms with Crippen LogP contribution in [0.4, 0.5) is 0 Å². The van der Waals surface area contributed by atoms with Crippen LogP contribution in [-0.4, -0.2) is 76.9 Å². The Bertz CT molecular complexity index is 580. The average molecular weight is 372 g/mol. The second kappa shape index (κ2) is 9.51. The van der Waals surface area contributed by atoms with E-state index in [1.165, 1.54) is 13.0 Å². The van der Waals surface area contributed by atoms with Crippen molar-refractivity contribution < 1.29 is 34.4 Å². The van der Waals surface area contributed by atoms with Gasteiger partial charge >= 0.3 is 5.97 Å². The fraction of sp³-hybridized carbons (Fsp3) is 0.733. The summed E-state index contributed by atoms with van der Waals surface area (Å²) in [5.41, 5.74) is 6.70. The van der Waals surface area contributed by atoms with Crippen molar-refractivity contribution in [3.05, 3.63) is 23.1 Å². The lowest BCUT2D eigenvalue weighted by atomic mass is 9.81. The van der Waals surface area contributed by atoms with Crippen LogP contribution in [-0.2, 0) is 19.1 Å². The topological polar surface area (TPSA) is 174 Å². The number of carbonyl (C=O) groups is 2. The third-order valence-electron chi connectivity index (χ3n) is 4.13. The lowest BCUT2D eigenvalue weighted by Crippen LogP contribution is -2.67. The number of aliphatic hydroxyl groups excluding tert-OH is 3. The lowest BCUT2D eigenvalue weighted by molar-refractivity contribution is -0.228. The van der Waals surface area contributed by atoms with Crippen molar-refractivity contribution in [2.45, 2.75) is 55.8 Å². The smallest absolute Gasteiger partial charge is 0.338 e. The summed E-state index contributed by atoms with van der Waals surface area (Å²) in [6.45, 7) is 4.29. The van der Waals surface area contributed by atoms with Gasteiger partial charge in [-0.25, -0.2) is 4.79 Å². The zero-order chi connectivity index (χ0) is 19.9. The first kappa shape index (κ1) is 21.9. The maximum absolute atomic E-state index is 12.3. The number of amides is 1. The minimum absolute atomic E-state index is 0.0286. The molecule has 146 valence electrons. The first-order valence-electron chi connectivity index (χ1n) is 7.91. The molecule has 0 aromatic carbocycles. The Morgan fingerprint density at radius 1 is 1.58 bits per heavy atom. The number of hydrogen-bond donors (Lipinski definition) is 4. The third kappa shape index (κ3) is 4.93. The van der Waals surface area contributed by atoms with E-state index in [2.05, 4.69) is 21.9 Å². The van der Waals surface area contributed by atoms with E-state index < -0.39 is 54.5 Å². The summed E-state index contributed by atoms with van der Waals surface area (Å²) >= 11 is 0. The highest BCUT2D eigenvalue weighted by molar-refractivity contribution is 5.80. The fourth-order valence-electron chi connectivity index (χ4n) is 2.97. The number of azide groups is 1. The molecule has 1 amide bonds. The monoisotopic (exact) mass is 372 g/mol. The van der Waals surface area contributed by atoms with Gasteiger partial charge < -0.3 is 30.1 Å². The van der Waals surface area contributed by atoms with E-state index in [1.54, 1.807) is 0 Å². The number of nitrogens with zero attached hydrogens (tertiary/aromatic N) is 3. The van der Waals surface area contributed by atoms with Crippen molar-refractivity contribution in [2.24, 2.45) is 5.11 Å². The molecule has 0 aromatic rings. The van der Waals surface area contributed by atoms with Gasteiger partial charge in [-0.05, 0) is 5.53 Å². The molecule has 0 spiro atoms. The van der Waals surface area contributed by atoms with E-state index in [-0.39, 0.29) is 12.8 Å². The molecular formula is C15H24N4O7. The Morgan fingerprint density at radius 3 is 2.73 bits per heavy atom. The number of nitrogens with one attached hydrogen (secondary N) is 1. The number of esters is 1. The van der Waals surface area contributed by atoms with Crippen molar-refractivity contribution in [3.8, 4) is 0 Å². The summed E-state index contributed by atoms with van der Waals surface area (Å²) in [7, 11) is 1.14. The number of rotatable bonds is 8. The van der Waals surface area contributed by atoms with E-state index in [0.29, 0.717) is 0 Å². The summed E-state index contributed by atoms with van der Waals surface area (Å²) < 4.78 is 10.5. The number of methoxy groups -OCH3 is 1. The normalized spacial score (nSPS) is 30.4. The highest BCUT2D eigenvalue weighted by Gasteiger charge is 2.54. The predicted molar refractivity (Wildman–Crippen MR) is 88.7 cm³/mol. The summed E-state index contributed by atoms with van der Waals surface area (Å²) in [5.74, 6) is -1.30. The van der Waals surface area contributed by atoms with Crippen LogP contribution in [0.1, 0.15) is 19.8 Å². The maximum Gasteiger partial charge on any atom is 0.338 e. The molecule has 4 N–H and O–H groups in total. The van der Waals surface area contributed by atoms with Gasteiger partial charge in [-0.1, -0.05) is 11.2 Å². The number of hydrogen-bond acceptors (Lipinski definition) is 8. The summed E-state index contributed by atoms with van der Waals surface area (Å²) in [6.07, 6.45) is -4.71. The van der Waals surface area contributed by atoms with Gasteiger partial charge in [-0.2, -0.15) is 0 Å². The van der Waals surface area contributed by atoms with Crippen molar-refractivity contribution in [1.82, 2.24) is 5.32 Å². The van der Waals surface area contributed by atoms with Crippen LogP contribution in [0.2, 0.25) is 0 Å². The van der Waals surface area contributed by atoms with Gasteiger partial charge in [0.05, 0.1) is 31.9 Å². The van der Waals surface area contributed by atoms with Crippen LogP contribution in [0.15, 0.2) is 17.8 Å². The Balaban J connectivity index is 3.24. The predicted octanol–water partition coefficient (Wildman–Crippen LogP) is -0.839. The molecule has 1 aliphatic heterocycles. The first-order chi connectivity index (χ1) is 12.2. The Kier molecular flexibility index (Phi) is 8.00. The van der Waals surface area contributed by atoms with Gasteiger partial charge in [-0.3, -0.25) is 4.79 Å². The molecule has 0 bridgehead atoms. The zero-order valence-electron chi connectivity index (χ0n) is 14.6. The van der Waals surface area contributed by atoms with Crippen LogP contribution in [0.3, 0.4) is 0 Å². The molecule has 26 heavy (non-hydrogen) atoms. The van der Waals surface area contributed by atoms with Crippen LogP contribution in [0, 0.1) is 0 Å². The molecule has 1 saturated heterocycles. The third-order valence-corrected chi connectivity index (χ3v) is 4.13. The SMILES string of the molecule is C=CC[C@]1(C(=O)OC)C[C@@H](O)[C@@H](NC(C)=O)C([C@H](O)C(O)CN=[N+]=[N-])O1. The molecule has 1 heterocycles. The standard InChI is InChI=1S/C15H24N4O7/c1-4-5-15(14(24)25-3)6-9(21)11(18-8(2)20)13(26-15)12(23)10(22)7-17-19-16/h4,9-13,21-23H,1,5-7H2,2-3H3,(H,18,20)/t9-,10?,11-,12-,13?,15-/m1/s1. The molecule has 0 saturated carbocycles. The van der Waals surface area contributed by atoms with Crippen LogP contribution in [0.25, 0.3) is 10.4 Å². The highest BCUT2D eigenvalue weighted by atomic mass is 16.6. The Morgan fingerprint density at radius 2 is 2.23 bits per heavy atom. The van der Waals surface area contributed by atoms with Crippen LogP contribution in [0.5, 0.6) is 0 Å². The summed E-state index contributed by atoms with van der Waals surface area (Å²) in [4.78, 5) is 26.2. The second-order valence-corrected chi connectivity index (χ2v) is 6.03. The van der Waals surface area contributed by atoms with Crippen molar-refractivity contribution in [3.63, 3.8) is 0 Å². The molecular weight excluding hydrogens is 348 g/mol. The number of ether oxygens (including phenoxy) is 2. The van der Waals surface area contributed by atoms with E-state index in [0.717, 1.165) is 7.11 Å². The van der Waals surface area contributed by atoms with E-state index >= 15 is 0 Å². The van der Waals surface area contributed by atoms with Crippen LogP contribution < -0.4 is 5.32 Å². The fourth-order valence-corrected chi connectivity index (χ4v) is 2.97. The van der Waals surface area contributed by atoms with Gasteiger partial charge in [0.2, 0.25) is 5.91 Å². The quantitative estimate of drug-likeness (QED) is 0.141. The summed E-state index contributed by atoms with van der Waals surface area (Å²) in [5, 5.41) is 36.5. The highest BCUT2D eigenvalue weighted by Crippen LogP contribution is 2.35. The Hall–Kier alpha value is -2.17. The molecule has 11 heteroatoms. The first-order valence-corrected chi connectivity index (χ1v) is 7.91. The molecule has 1 rings (SSSR count). The molecule has 11 nitrogen and oxygen atoms in total. The van der Waals surface area contributed by atoms with Gasteiger partial charge in [0.1, 0.15) is 12.2 Å². The number of carbonyl (C=O) groups excluding carboxylic acids is 2. The van der Waals surface area contributed by atoms with Crippen molar-refractivity contribution in [1.29, 1.82) is 0 Å². The zero-order valence-corrected chi connectivity index (χ0v) is 14.6. The molecule has 2 unspecified atom stereocenters. The average Bonchev–Trinajstić information content (AvgIpc) is 2.60. The van der Waals surface area contributed by atoms with Gasteiger partial charge in [0.25, 0.3) is 0 Å². The van der Waals surface area contributed by atoms with E-state index in [9.17, 15) is 24.9 Å². The van der Waals surface area contributed by atoms with Gasteiger partial charge in [0, 0.05) is 24.7 Å². The molecule has 1 aliphatic rings. The molecule has 1 fully saturated rings. The van der Waals surface area contributed by atoms with Gasteiger partial charge in [-0.15, -0.1) is 6.58 Å². The van der Waals surface area contributed by atoms with Crippen molar-refractivity contribution in [2.75, 3.05) is 13.7 Å². The minimum Gasteiger partial charge on any atom is -0.467 e. The largest absolute Gasteiger partial charge is 0.467 e. The van der Waals surface area contributed by atoms with Crippen molar-refractivity contribution >= 4 is 11.9 Å². The number of aliphatic hydroxyl groups is 3. The lowest BCUT2D eigenvalue weighted by Gasteiger charge is -2.47. The summed E-state index contributed by atoms with van der Waals surface area (Å²) in [6, 6.07) is -1.11.